The summed E-state index contributed by atoms with van der Waals surface area (Å²) in [5.74, 6) is -3.04. The number of carbonyl (C=O) groups excluding carboxylic acids is 1. The molecule has 0 aliphatic heterocycles. The number of hydrogen-bond acceptors (Lipinski definition) is 2. The van der Waals surface area contributed by atoms with Gasteiger partial charge in [-0.15, -0.1) is 0 Å². The van der Waals surface area contributed by atoms with E-state index in [9.17, 15) is 14.0 Å². The summed E-state index contributed by atoms with van der Waals surface area (Å²) in [6.45, 7) is 3.04. The Morgan fingerprint density at radius 2 is 2.00 bits per heavy atom. The monoisotopic (exact) mass is 317 g/mol. The van der Waals surface area contributed by atoms with E-state index in [-0.39, 0.29) is 5.56 Å². The number of aliphatic carboxylic acids is 1. The van der Waals surface area contributed by atoms with Crippen LogP contribution >= 0.6 is 15.9 Å². The van der Waals surface area contributed by atoms with Gasteiger partial charge in [0.05, 0.1) is 11.5 Å². The van der Waals surface area contributed by atoms with Crippen molar-refractivity contribution < 1.29 is 19.1 Å². The molecule has 0 heterocycles. The van der Waals surface area contributed by atoms with Crippen molar-refractivity contribution in [3.05, 3.63) is 34.1 Å². The van der Waals surface area contributed by atoms with E-state index < -0.39 is 29.7 Å². The second kappa shape index (κ2) is 5.95. The molecular weight excluding hydrogens is 305 g/mol. The van der Waals surface area contributed by atoms with Crippen molar-refractivity contribution >= 4 is 27.8 Å². The highest BCUT2D eigenvalue weighted by molar-refractivity contribution is 9.10. The zero-order valence-corrected chi connectivity index (χ0v) is 11.5. The van der Waals surface area contributed by atoms with Gasteiger partial charge in [-0.2, -0.15) is 0 Å². The Hall–Kier alpha value is -1.43. The zero-order chi connectivity index (χ0) is 13.9. The Labute approximate surface area is 112 Å². The van der Waals surface area contributed by atoms with Crippen molar-refractivity contribution in [1.82, 2.24) is 5.32 Å². The lowest BCUT2D eigenvalue weighted by Gasteiger charge is -2.18. The van der Waals surface area contributed by atoms with Crippen LogP contribution in [0.3, 0.4) is 0 Å². The third-order valence-electron chi connectivity index (χ3n) is 2.67. The minimum atomic E-state index is -1.02. The van der Waals surface area contributed by atoms with Crippen LogP contribution in [0.25, 0.3) is 0 Å². The molecule has 0 fully saturated rings. The van der Waals surface area contributed by atoms with Crippen LogP contribution in [0.1, 0.15) is 24.2 Å². The molecule has 1 aromatic rings. The van der Waals surface area contributed by atoms with Gasteiger partial charge >= 0.3 is 5.97 Å². The summed E-state index contributed by atoms with van der Waals surface area (Å²) < 4.78 is 14.0. The molecule has 0 saturated carbocycles. The maximum atomic E-state index is 13.4. The van der Waals surface area contributed by atoms with Crippen LogP contribution in [-0.4, -0.2) is 23.0 Å². The molecule has 2 N–H and O–H groups in total. The average Bonchev–Trinajstić information content (AvgIpc) is 2.30. The number of carboxylic acids is 1. The number of carbonyl (C=O) groups is 2. The minimum Gasteiger partial charge on any atom is -0.481 e. The van der Waals surface area contributed by atoms with Crippen LogP contribution in [-0.2, 0) is 4.79 Å². The molecule has 0 aromatic heterocycles. The van der Waals surface area contributed by atoms with Gasteiger partial charge in [-0.1, -0.05) is 15.9 Å². The Morgan fingerprint density at radius 3 is 2.56 bits per heavy atom. The lowest BCUT2D eigenvalue weighted by atomic mass is 10.0. The molecule has 0 bridgehead atoms. The highest BCUT2D eigenvalue weighted by Crippen LogP contribution is 2.16. The molecule has 4 nitrogen and oxygen atoms in total. The fourth-order valence-electron chi connectivity index (χ4n) is 1.29. The van der Waals surface area contributed by atoms with Gasteiger partial charge in [-0.3, -0.25) is 9.59 Å². The second-order valence-electron chi connectivity index (χ2n) is 4.01. The topological polar surface area (TPSA) is 66.4 Å². The van der Waals surface area contributed by atoms with Crippen LogP contribution in [0.4, 0.5) is 4.39 Å². The van der Waals surface area contributed by atoms with Crippen LogP contribution in [0, 0.1) is 11.7 Å². The predicted molar refractivity (Wildman–Crippen MR) is 67.8 cm³/mol. The van der Waals surface area contributed by atoms with E-state index in [4.69, 9.17) is 5.11 Å². The molecule has 6 heteroatoms. The first-order valence-electron chi connectivity index (χ1n) is 5.31. The molecular formula is C12H13BrFNO3. The number of amides is 1. The zero-order valence-electron chi connectivity index (χ0n) is 9.91. The standard InChI is InChI=1S/C12H13BrFNO3/c1-6(12(17)18)7(2)15-11(16)9-5-8(13)3-4-10(9)14/h3-7H,1-2H3,(H,15,16)(H,17,18). The predicted octanol–water partition coefficient (Wildman–Crippen LogP) is 2.43. The summed E-state index contributed by atoms with van der Waals surface area (Å²) in [6, 6.07) is 3.41. The van der Waals surface area contributed by atoms with Crippen LogP contribution in [0.5, 0.6) is 0 Å². The van der Waals surface area contributed by atoms with Crippen molar-refractivity contribution in [3.8, 4) is 0 Å². The van der Waals surface area contributed by atoms with Crippen molar-refractivity contribution in [2.75, 3.05) is 0 Å². The number of carboxylic acid groups (broad SMARTS) is 1. The minimum absolute atomic E-state index is 0.117. The molecule has 0 saturated heterocycles. The summed E-state index contributed by atoms with van der Waals surface area (Å²) in [6.07, 6.45) is 0. The molecule has 98 valence electrons. The highest BCUT2D eigenvalue weighted by atomic mass is 79.9. The van der Waals surface area contributed by atoms with Gasteiger partial charge in [-0.25, -0.2) is 4.39 Å². The molecule has 1 rings (SSSR count). The smallest absolute Gasteiger partial charge is 0.308 e. The molecule has 0 aliphatic carbocycles. The second-order valence-corrected chi connectivity index (χ2v) is 4.93. The molecule has 2 unspecified atom stereocenters. The van der Waals surface area contributed by atoms with Crippen LogP contribution in [0.2, 0.25) is 0 Å². The van der Waals surface area contributed by atoms with E-state index in [1.165, 1.54) is 25.1 Å². The van der Waals surface area contributed by atoms with E-state index in [0.717, 1.165) is 0 Å². The third-order valence-corrected chi connectivity index (χ3v) is 3.16. The quantitative estimate of drug-likeness (QED) is 0.896. The SMILES string of the molecule is CC(NC(=O)c1cc(Br)ccc1F)C(C)C(=O)O. The van der Waals surface area contributed by atoms with Gasteiger partial charge in [0.15, 0.2) is 0 Å². The lowest BCUT2D eigenvalue weighted by molar-refractivity contribution is -0.141. The Kier molecular flexibility index (Phi) is 4.84. The molecule has 0 spiro atoms. The van der Waals surface area contributed by atoms with Crippen molar-refractivity contribution in [2.24, 2.45) is 5.92 Å². The van der Waals surface area contributed by atoms with Crippen molar-refractivity contribution in [3.63, 3.8) is 0 Å². The summed E-state index contributed by atoms with van der Waals surface area (Å²) in [5.41, 5.74) is -0.117. The lowest BCUT2D eigenvalue weighted by Crippen LogP contribution is -2.40. The Morgan fingerprint density at radius 1 is 1.39 bits per heavy atom. The van der Waals surface area contributed by atoms with E-state index in [2.05, 4.69) is 21.2 Å². The fourth-order valence-corrected chi connectivity index (χ4v) is 1.66. The van der Waals surface area contributed by atoms with E-state index >= 15 is 0 Å². The number of rotatable bonds is 4. The number of halogens is 2. The molecule has 0 radical (unpaired) electrons. The van der Waals surface area contributed by atoms with E-state index in [1.807, 2.05) is 0 Å². The van der Waals surface area contributed by atoms with Gasteiger partial charge in [0, 0.05) is 10.5 Å². The maximum Gasteiger partial charge on any atom is 0.308 e. The number of nitrogens with one attached hydrogen (secondary N) is 1. The largest absolute Gasteiger partial charge is 0.481 e. The maximum absolute atomic E-state index is 13.4. The first-order chi connectivity index (χ1) is 8.32. The third kappa shape index (κ3) is 3.53. The van der Waals surface area contributed by atoms with Gasteiger partial charge in [0.1, 0.15) is 5.82 Å². The molecule has 1 amide bonds. The van der Waals surface area contributed by atoms with Gasteiger partial charge < -0.3 is 10.4 Å². The van der Waals surface area contributed by atoms with Crippen molar-refractivity contribution in [2.45, 2.75) is 19.9 Å². The van der Waals surface area contributed by atoms with E-state index in [1.54, 1.807) is 6.92 Å². The average molecular weight is 318 g/mol. The normalized spacial score (nSPS) is 13.8. The first kappa shape index (κ1) is 14.6. The number of hydrogen-bond donors (Lipinski definition) is 2. The van der Waals surface area contributed by atoms with Crippen LogP contribution < -0.4 is 5.32 Å². The summed E-state index contributed by atoms with van der Waals surface area (Å²) >= 11 is 3.14. The molecule has 2 atom stereocenters. The van der Waals surface area contributed by atoms with Crippen LogP contribution in [0.15, 0.2) is 22.7 Å². The summed E-state index contributed by atoms with van der Waals surface area (Å²) in [4.78, 5) is 22.5. The number of benzene rings is 1. The molecule has 0 aliphatic rings. The van der Waals surface area contributed by atoms with Gasteiger partial charge in [-0.05, 0) is 32.0 Å². The van der Waals surface area contributed by atoms with E-state index in [0.29, 0.717) is 4.47 Å². The fraction of sp³-hybridized carbons (Fsp3) is 0.333. The highest BCUT2D eigenvalue weighted by Gasteiger charge is 2.22. The first-order valence-corrected chi connectivity index (χ1v) is 6.11. The van der Waals surface area contributed by atoms with Gasteiger partial charge in [0.25, 0.3) is 5.91 Å². The summed E-state index contributed by atoms with van der Waals surface area (Å²) in [7, 11) is 0. The molecule has 1 aromatic carbocycles. The molecule has 18 heavy (non-hydrogen) atoms. The van der Waals surface area contributed by atoms with Crippen molar-refractivity contribution in [1.29, 1.82) is 0 Å². The Balaban J connectivity index is 2.82. The van der Waals surface area contributed by atoms with Gasteiger partial charge in [0.2, 0.25) is 0 Å². The Bertz CT molecular complexity index is 478. The summed E-state index contributed by atoms with van der Waals surface area (Å²) in [5, 5.41) is 11.3.